The molecule has 5 heteroatoms. The van der Waals surface area contributed by atoms with Crippen LogP contribution in [0.2, 0.25) is 0 Å². The van der Waals surface area contributed by atoms with Crippen LogP contribution >= 0.6 is 0 Å². The fourth-order valence-electron chi connectivity index (χ4n) is 1.10. The molecule has 0 saturated heterocycles. The Kier molecular flexibility index (Phi) is 5.93. The second-order valence-corrected chi connectivity index (χ2v) is 3.30. The van der Waals surface area contributed by atoms with Crippen molar-refractivity contribution < 1.29 is 14.8 Å². The summed E-state index contributed by atoms with van der Waals surface area (Å²) in [4.78, 5) is 15.6. The van der Waals surface area contributed by atoms with Gasteiger partial charge in [0.15, 0.2) is 0 Å². The molecular formula is C13H14N2O3. The molecule has 0 fully saturated rings. The predicted molar refractivity (Wildman–Crippen MR) is 69.1 cm³/mol. The highest BCUT2D eigenvalue weighted by Crippen LogP contribution is 2.04. The number of carbonyl (C=O) groups is 1. The summed E-state index contributed by atoms with van der Waals surface area (Å²) in [5.41, 5.74) is 3.23. The predicted octanol–water partition coefficient (Wildman–Crippen LogP) is 1.74. The van der Waals surface area contributed by atoms with Crippen LogP contribution in [0.1, 0.15) is 11.1 Å². The molecule has 0 aromatic heterocycles. The zero-order valence-corrected chi connectivity index (χ0v) is 9.74. The van der Waals surface area contributed by atoms with Crippen molar-refractivity contribution in [2.45, 2.75) is 0 Å². The van der Waals surface area contributed by atoms with Crippen molar-refractivity contribution in [1.82, 2.24) is 5.48 Å². The van der Waals surface area contributed by atoms with Crippen LogP contribution in [0.3, 0.4) is 0 Å². The highest BCUT2D eigenvalue weighted by atomic mass is 16.6. The molecule has 0 aliphatic rings. The summed E-state index contributed by atoms with van der Waals surface area (Å²) in [5, 5.41) is 12.0. The summed E-state index contributed by atoms with van der Waals surface area (Å²) < 4.78 is 0. The van der Waals surface area contributed by atoms with Crippen molar-refractivity contribution in [3.63, 3.8) is 0 Å². The van der Waals surface area contributed by atoms with E-state index in [0.717, 1.165) is 11.1 Å². The van der Waals surface area contributed by atoms with Crippen molar-refractivity contribution in [3.8, 4) is 0 Å². The number of carbonyl (C=O) groups excluding carboxylic acids is 1. The Labute approximate surface area is 105 Å². The minimum atomic E-state index is -0.571. The largest absolute Gasteiger partial charge is 0.392 e. The Balaban J connectivity index is 2.57. The van der Waals surface area contributed by atoms with E-state index in [-0.39, 0.29) is 0 Å². The zero-order valence-electron chi connectivity index (χ0n) is 9.74. The van der Waals surface area contributed by atoms with Crippen molar-refractivity contribution in [3.05, 3.63) is 54.1 Å². The summed E-state index contributed by atoms with van der Waals surface area (Å²) >= 11 is 0. The number of hydrogen-bond donors (Lipinski definition) is 2. The molecule has 18 heavy (non-hydrogen) atoms. The molecule has 2 N–H and O–H groups in total. The Morgan fingerprint density at radius 1 is 1.39 bits per heavy atom. The van der Waals surface area contributed by atoms with Gasteiger partial charge >= 0.3 is 0 Å². The first-order valence-electron chi connectivity index (χ1n) is 5.24. The first kappa shape index (κ1) is 13.7. The van der Waals surface area contributed by atoms with Gasteiger partial charge in [-0.15, -0.1) is 0 Å². The normalized spacial score (nSPS) is 10.7. The summed E-state index contributed by atoms with van der Waals surface area (Å²) in [6, 6.07) is 7.29. The molecule has 0 spiro atoms. The van der Waals surface area contributed by atoms with Crippen LogP contribution in [0.25, 0.3) is 6.08 Å². The molecule has 0 aliphatic heterocycles. The monoisotopic (exact) mass is 246 g/mol. The van der Waals surface area contributed by atoms with Gasteiger partial charge in [0.25, 0.3) is 5.91 Å². The standard InChI is InChI=1S/C13H14N2O3/c1-2-9-18-14-10-12-5-3-11(4-6-12)7-8-13(16)15-17/h2-8,10,17H,1,9H2,(H,15,16)/b8-7+,14-10+. The Morgan fingerprint density at radius 3 is 2.67 bits per heavy atom. The molecule has 1 aromatic carbocycles. The SMILES string of the molecule is C=CCO/N=C/c1ccc(/C=C/C(=O)NO)cc1. The summed E-state index contributed by atoms with van der Waals surface area (Å²) in [7, 11) is 0. The van der Waals surface area contributed by atoms with Crippen LogP contribution in [-0.4, -0.2) is 23.9 Å². The topological polar surface area (TPSA) is 70.9 Å². The quantitative estimate of drug-likeness (QED) is 0.200. The number of benzene rings is 1. The van der Waals surface area contributed by atoms with Crippen molar-refractivity contribution in [1.29, 1.82) is 0 Å². The number of hydrogen-bond acceptors (Lipinski definition) is 4. The summed E-state index contributed by atoms with van der Waals surface area (Å²) in [6.45, 7) is 3.87. The summed E-state index contributed by atoms with van der Waals surface area (Å²) in [6.07, 6.45) is 6.01. The van der Waals surface area contributed by atoms with Gasteiger partial charge < -0.3 is 4.84 Å². The molecule has 1 aromatic rings. The third-order valence-electron chi connectivity index (χ3n) is 1.94. The second-order valence-electron chi connectivity index (χ2n) is 3.30. The van der Waals surface area contributed by atoms with Gasteiger partial charge in [-0.3, -0.25) is 10.0 Å². The van der Waals surface area contributed by atoms with Crippen LogP contribution in [0.5, 0.6) is 0 Å². The lowest BCUT2D eigenvalue weighted by Crippen LogP contribution is -2.14. The van der Waals surface area contributed by atoms with Crippen LogP contribution in [0, 0.1) is 0 Å². The van der Waals surface area contributed by atoms with E-state index in [1.165, 1.54) is 11.6 Å². The molecule has 0 bridgehead atoms. The lowest BCUT2D eigenvalue weighted by molar-refractivity contribution is -0.124. The van der Waals surface area contributed by atoms with E-state index in [1.54, 1.807) is 18.4 Å². The Bertz CT molecular complexity index is 450. The van der Waals surface area contributed by atoms with Gasteiger partial charge in [0.2, 0.25) is 0 Å². The van der Waals surface area contributed by atoms with E-state index < -0.39 is 5.91 Å². The van der Waals surface area contributed by atoms with E-state index in [2.05, 4.69) is 11.7 Å². The number of rotatable bonds is 6. The number of hydroxylamine groups is 1. The third kappa shape index (κ3) is 5.09. The minimum absolute atomic E-state index is 0.369. The first-order chi connectivity index (χ1) is 8.76. The van der Waals surface area contributed by atoms with Crippen LogP contribution < -0.4 is 5.48 Å². The number of nitrogens with zero attached hydrogens (tertiary/aromatic N) is 1. The fourth-order valence-corrected chi connectivity index (χ4v) is 1.10. The summed E-state index contributed by atoms with van der Waals surface area (Å²) in [5.74, 6) is -0.571. The van der Waals surface area contributed by atoms with E-state index in [4.69, 9.17) is 10.0 Å². The maximum absolute atomic E-state index is 10.8. The first-order valence-corrected chi connectivity index (χ1v) is 5.24. The molecule has 0 unspecified atom stereocenters. The van der Waals surface area contributed by atoms with E-state index >= 15 is 0 Å². The minimum Gasteiger partial charge on any atom is -0.392 e. The highest BCUT2D eigenvalue weighted by Gasteiger charge is 1.92. The lowest BCUT2D eigenvalue weighted by Gasteiger charge is -1.96. The molecule has 1 rings (SSSR count). The molecule has 0 aliphatic carbocycles. The van der Waals surface area contributed by atoms with Crippen molar-refractivity contribution >= 4 is 18.2 Å². The smallest absolute Gasteiger partial charge is 0.267 e. The highest BCUT2D eigenvalue weighted by molar-refractivity contribution is 5.91. The Morgan fingerprint density at radius 2 is 2.06 bits per heavy atom. The number of nitrogens with one attached hydrogen (secondary N) is 1. The van der Waals surface area contributed by atoms with Gasteiger partial charge in [0.05, 0.1) is 6.21 Å². The maximum Gasteiger partial charge on any atom is 0.267 e. The van der Waals surface area contributed by atoms with Gasteiger partial charge in [-0.05, 0) is 17.2 Å². The molecule has 0 saturated carbocycles. The zero-order chi connectivity index (χ0) is 13.2. The van der Waals surface area contributed by atoms with Crippen molar-refractivity contribution in [2.75, 3.05) is 6.61 Å². The molecular weight excluding hydrogens is 232 g/mol. The van der Waals surface area contributed by atoms with Crippen LogP contribution in [-0.2, 0) is 9.63 Å². The van der Waals surface area contributed by atoms with Gasteiger partial charge in [-0.2, -0.15) is 0 Å². The second kappa shape index (κ2) is 7.81. The van der Waals surface area contributed by atoms with Gasteiger partial charge in [0, 0.05) is 6.08 Å². The van der Waals surface area contributed by atoms with Crippen molar-refractivity contribution in [2.24, 2.45) is 5.16 Å². The molecule has 0 atom stereocenters. The van der Waals surface area contributed by atoms with E-state index in [0.29, 0.717) is 6.61 Å². The molecule has 0 radical (unpaired) electrons. The van der Waals surface area contributed by atoms with Crippen LogP contribution in [0.4, 0.5) is 0 Å². The fraction of sp³-hybridized carbons (Fsp3) is 0.0769. The van der Waals surface area contributed by atoms with E-state index in [9.17, 15) is 4.79 Å². The van der Waals surface area contributed by atoms with Crippen LogP contribution in [0.15, 0.2) is 48.2 Å². The number of oxime groups is 1. The average molecular weight is 246 g/mol. The Hall–Kier alpha value is -2.40. The van der Waals surface area contributed by atoms with E-state index in [1.807, 2.05) is 24.3 Å². The molecule has 0 heterocycles. The van der Waals surface area contributed by atoms with Gasteiger partial charge in [-0.1, -0.05) is 42.1 Å². The lowest BCUT2D eigenvalue weighted by atomic mass is 10.1. The average Bonchev–Trinajstić information content (AvgIpc) is 2.42. The molecule has 5 nitrogen and oxygen atoms in total. The molecule has 94 valence electrons. The molecule has 1 amide bonds. The number of amides is 1. The van der Waals surface area contributed by atoms with Gasteiger partial charge in [0.1, 0.15) is 6.61 Å². The van der Waals surface area contributed by atoms with Gasteiger partial charge in [-0.25, -0.2) is 5.48 Å². The maximum atomic E-state index is 10.8. The third-order valence-corrected chi connectivity index (χ3v) is 1.94.